The van der Waals surface area contributed by atoms with Crippen LogP contribution in [0.4, 0.5) is 5.69 Å². The van der Waals surface area contributed by atoms with Crippen molar-refractivity contribution in [1.29, 1.82) is 0 Å². The Hall–Kier alpha value is -1.51. The van der Waals surface area contributed by atoms with E-state index in [9.17, 15) is 4.79 Å². The Kier molecular flexibility index (Phi) is 3.68. The molecule has 3 heteroatoms. The van der Waals surface area contributed by atoms with Crippen LogP contribution in [0.5, 0.6) is 0 Å². The lowest BCUT2D eigenvalue weighted by atomic mass is 9.92. The van der Waals surface area contributed by atoms with E-state index in [1.54, 1.807) is 0 Å². The van der Waals surface area contributed by atoms with Gasteiger partial charge in [-0.2, -0.15) is 0 Å². The molecule has 0 aliphatic carbocycles. The molecule has 3 rings (SSSR count). The summed E-state index contributed by atoms with van der Waals surface area (Å²) in [6.07, 6.45) is 4.48. The van der Waals surface area contributed by atoms with Crippen molar-refractivity contribution >= 4 is 11.6 Å². The zero-order chi connectivity index (χ0) is 14.1. The molecule has 2 aliphatic rings. The van der Waals surface area contributed by atoms with Crippen LogP contribution in [0.25, 0.3) is 0 Å². The van der Waals surface area contributed by atoms with Gasteiger partial charge in [0.15, 0.2) is 0 Å². The summed E-state index contributed by atoms with van der Waals surface area (Å²) in [4.78, 5) is 14.9. The number of anilines is 1. The molecule has 20 heavy (non-hydrogen) atoms. The van der Waals surface area contributed by atoms with Gasteiger partial charge in [-0.1, -0.05) is 19.1 Å². The quantitative estimate of drug-likeness (QED) is 0.850. The second-order valence-corrected chi connectivity index (χ2v) is 6.35. The molecule has 108 valence electrons. The number of piperidine rings is 1. The van der Waals surface area contributed by atoms with E-state index >= 15 is 0 Å². The number of rotatable bonds is 1. The van der Waals surface area contributed by atoms with Crippen LogP contribution in [0.3, 0.4) is 0 Å². The molecule has 2 heterocycles. The number of aryl methyl sites for hydroxylation is 1. The smallest absolute Gasteiger partial charge is 0.256 e. The third kappa shape index (κ3) is 2.41. The normalized spacial score (nSPS) is 25.8. The number of para-hydroxylation sites is 1. The molecule has 0 aromatic heterocycles. The van der Waals surface area contributed by atoms with Crippen molar-refractivity contribution in [3.8, 4) is 0 Å². The Labute approximate surface area is 121 Å². The number of carbonyl (C=O) groups is 1. The predicted octanol–water partition coefficient (Wildman–Crippen LogP) is 3.31. The second-order valence-electron chi connectivity index (χ2n) is 6.35. The molecule has 1 saturated heterocycles. The molecule has 1 amide bonds. The third-order valence-electron chi connectivity index (χ3n) is 4.71. The van der Waals surface area contributed by atoms with Gasteiger partial charge in [-0.3, -0.25) is 4.79 Å². The average molecular weight is 272 g/mol. The maximum absolute atomic E-state index is 12.9. The summed E-state index contributed by atoms with van der Waals surface area (Å²) in [7, 11) is 0. The zero-order valence-electron chi connectivity index (χ0n) is 12.5. The number of nitrogens with zero attached hydrogens (tertiary/aromatic N) is 1. The maximum Gasteiger partial charge on any atom is 0.256 e. The molecule has 3 nitrogen and oxygen atoms in total. The van der Waals surface area contributed by atoms with E-state index in [1.165, 1.54) is 5.56 Å². The SMILES string of the molecule is CC1CCN(C(=O)c2cccc3c2NCCC3)C(C)C1. The van der Waals surface area contributed by atoms with E-state index < -0.39 is 0 Å². The number of nitrogens with one attached hydrogen (secondary N) is 1. The van der Waals surface area contributed by atoms with E-state index in [2.05, 4.69) is 30.1 Å². The zero-order valence-corrected chi connectivity index (χ0v) is 12.5. The van der Waals surface area contributed by atoms with Crippen LogP contribution >= 0.6 is 0 Å². The van der Waals surface area contributed by atoms with Crippen LogP contribution in [0.2, 0.25) is 0 Å². The minimum atomic E-state index is 0.204. The van der Waals surface area contributed by atoms with Crippen LogP contribution in [-0.4, -0.2) is 29.9 Å². The monoisotopic (exact) mass is 272 g/mol. The van der Waals surface area contributed by atoms with Crippen LogP contribution in [-0.2, 0) is 6.42 Å². The largest absolute Gasteiger partial charge is 0.384 e. The van der Waals surface area contributed by atoms with Crippen molar-refractivity contribution in [3.63, 3.8) is 0 Å². The molecule has 2 unspecified atom stereocenters. The minimum absolute atomic E-state index is 0.204. The van der Waals surface area contributed by atoms with Crippen molar-refractivity contribution in [2.75, 3.05) is 18.4 Å². The van der Waals surface area contributed by atoms with Crippen molar-refractivity contribution in [2.45, 2.75) is 45.6 Å². The number of carbonyl (C=O) groups excluding carboxylic acids is 1. The Morgan fingerprint density at radius 2 is 2.20 bits per heavy atom. The van der Waals surface area contributed by atoms with Gasteiger partial charge in [0, 0.05) is 19.1 Å². The maximum atomic E-state index is 12.9. The number of benzene rings is 1. The van der Waals surface area contributed by atoms with Crippen molar-refractivity contribution in [1.82, 2.24) is 4.90 Å². The molecule has 2 aliphatic heterocycles. The Morgan fingerprint density at radius 1 is 1.35 bits per heavy atom. The third-order valence-corrected chi connectivity index (χ3v) is 4.71. The first-order valence-corrected chi connectivity index (χ1v) is 7.83. The van der Waals surface area contributed by atoms with Gasteiger partial charge in [0.1, 0.15) is 0 Å². The number of hydrogen-bond acceptors (Lipinski definition) is 2. The van der Waals surface area contributed by atoms with Gasteiger partial charge < -0.3 is 10.2 Å². The first-order valence-electron chi connectivity index (χ1n) is 7.83. The highest BCUT2D eigenvalue weighted by Gasteiger charge is 2.29. The lowest BCUT2D eigenvalue weighted by Crippen LogP contribution is -2.44. The van der Waals surface area contributed by atoms with Crippen LogP contribution in [0.15, 0.2) is 18.2 Å². The summed E-state index contributed by atoms with van der Waals surface area (Å²) in [5.41, 5.74) is 3.23. The number of amides is 1. The van der Waals surface area contributed by atoms with Gasteiger partial charge in [0.25, 0.3) is 5.91 Å². The Bertz CT molecular complexity index is 512. The summed E-state index contributed by atoms with van der Waals surface area (Å²) in [5, 5.41) is 3.43. The van der Waals surface area contributed by atoms with Gasteiger partial charge >= 0.3 is 0 Å². The highest BCUT2D eigenvalue weighted by Crippen LogP contribution is 2.30. The summed E-state index contributed by atoms with van der Waals surface area (Å²) < 4.78 is 0. The topological polar surface area (TPSA) is 32.3 Å². The Balaban J connectivity index is 1.87. The number of hydrogen-bond donors (Lipinski definition) is 1. The lowest BCUT2D eigenvalue weighted by molar-refractivity contribution is 0.0589. The van der Waals surface area contributed by atoms with E-state index in [-0.39, 0.29) is 5.91 Å². The van der Waals surface area contributed by atoms with Gasteiger partial charge in [-0.15, -0.1) is 0 Å². The fourth-order valence-electron chi connectivity index (χ4n) is 3.55. The first kappa shape index (κ1) is 13.5. The molecule has 0 spiro atoms. The highest BCUT2D eigenvalue weighted by atomic mass is 16.2. The van der Waals surface area contributed by atoms with Crippen molar-refractivity contribution in [3.05, 3.63) is 29.3 Å². The molecule has 0 radical (unpaired) electrons. The Morgan fingerprint density at radius 3 is 3.00 bits per heavy atom. The van der Waals surface area contributed by atoms with Crippen molar-refractivity contribution in [2.24, 2.45) is 5.92 Å². The van der Waals surface area contributed by atoms with Gasteiger partial charge in [-0.05, 0) is 50.2 Å². The first-order chi connectivity index (χ1) is 9.66. The summed E-state index contributed by atoms with van der Waals surface area (Å²) >= 11 is 0. The van der Waals surface area contributed by atoms with E-state index in [0.29, 0.717) is 6.04 Å². The average Bonchev–Trinajstić information content (AvgIpc) is 2.46. The second kappa shape index (κ2) is 5.47. The van der Waals surface area contributed by atoms with Gasteiger partial charge in [0.2, 0.25) is 0 Å². The molecular weight excluding hydrogens is 248 g/mol. The number of likely N-dealkylation sites (tertiary alicyclic amines) is 1. The van der Waals surface area contributed by atoms with Crippen LogP contribution in [0.1, 0.15) is 49.0 Å². The fraction of sp³-hybridized carbons (Fsp3) is 0.588. The van der Waals surface area contributed by atoms with E-state index in [4.69, 9.17) is 0 Å². The molecule has 0 bridgehead atoms. The van der Waals surface area contributed by atoms with E-state index in [0.717, 1.165) is 55.9 Å². The molecule has 1 aromatic rings. The molecule has 1 fully saturated rings. The molecule has 2 atom stereocenters. The highest BCUT2D eigenvalue weighted by molar-refractivity contribution is 6.00. The minimum Gasteiger partial charge on any atom is -0.384 e. The molecule has 0 saturated carbocycles. The molecule has 1 N–H and O–H groups in total. The van der Waals surface area contributed by atoms with E-state index in [1.807, 2.05) is 12.1 Å². The summed E-state index contributed by atoms with van der Waals surface area (Å²) in [6.45, 7) is 6.33. The molecular formula is C17H24N2O. The van der Waals surface area contributed by atoms with Crippen molar-refractivity contribution < 1.29 is 4.79 Å². The number of fused-ring (bicyclic) bond motifs is 1. The lowest BCUT2D eigenvalue weighted by Gasteiger charge is -2.37. The van der Waals surface area contributed by atoms with Gasteiger partial charge in [-0.25, -0.2) is 0 Å². The summed E-state index contributed by atoms with van der Waals surface area (Å²) in [5.74, 6) is 0.938. The standard InChI is InChI=1S/C17H24N2O/c1-12-8-10-19(13(2)11-12)17(20)15-7-3-5-14-6-4-9-18-16(14)15/h3,5,7,12-13,18H,4,6,8-11H2,1-2H3. The van der Waals surface area contributed by atoms with Crippen LogP contribution in [0, 0.1) is 5.92 Å². The molecule has 1 aromatic carbocycles. The van der Waals surface area contributed by atoms with Gasteiger partial charge in [0.05, 0.1) is 11.3 Å². The predicted molar refractivity (Wildman–Crippen MR) is 82.1 cm³/mol. The summed E-state index contributed by atoms with van der Waals surface area (Å²) in [6, 6.07) is 6.49. The van der Waals surface area contributed by atoms with Crippen LogP contribution < -0.4 is 5.32 Å². The fourth-order valence-corrected chi connectivity index (χ4v) is 3.55.